The van der Waals surface area contributed by atoms with Crippen LogP contribution in [-0.2, 0) is 17.8 Å². The van der Waals surface area contributed by atoms with E-state index < -0.39 is 0 Å². The maximum atomic E-state index is 11.7. The maximum absolute atomic E-state index is 11.7. The summed E-state index contributed by atoms with van der Waals surface area (Å²) in [7, 11) is 0. The van der Waals surface area contributed by atoms with Crippen molar-refractivity contribution in [3.63, 3.8) is 0 Å². The van der Waals surface area contributed by atoms with Gasteiger partial charge in [-0.05, 0) is 42.0 Å². The molecule has 18 heavy (non-hydrogen) atoms. The fourth-order valence-corrected chi connectivity index (χ4v) is 2.50. The van der Waals surface area contributed by atoms with E-state index in [4.69, 9.17) is 0 Å². The van der Waals surface area contributed by atoms with Crippen molar-refractivity contribution in [3.8, 4) is 0 Å². The molecule has 0 unspecified atom stereocenters. The quantitative estimate of drug-likeness (QED) is 0.898. The van der Waals surface area contributed by atoms with E-state index in [2.05, 4.69) is 23.3 Å². The van der Waals surface area contributed by atoms with Gasteiger partial charge >= 0.3 is 0 Å². The molecule has 2 aromatic rings. The van der Waals surface area contributed by atoms with Gasteiger partial charge in [0.15, 0.2) is 0 Å². The lowest BCUT2D eigenvalue weighted by molar-refractivity contribution is -0.121. The molecule has 1 N–H and O–H groups in total. The van der Waals surface area contributed by atoms with Crippen LogP contribution in [0, 0.1) is 6.92 Å². The highest BCUT2D eigenvalue weighted by Crippen LogP contribution is 2.14. The zero-order valence-electron chi connectivity index (χ0n) is 10.3. The highest BCUT2D eigenvalue weighted by molar-refractivity contribution is 7.10. The highest BCUT2D eigenvalue weighted by Gasteiger charge is 2.04. The van der Waals surface area contributed by atoms with E-state index in [9.17, 15) is 4.79 Å². The van der Waals surface area contributed by atoms with Gasteiger partial charge in [-0.15, -0.1) is 11.3 Å². The Bertz CT molecular complexity index is 508. The van der Waals surface area contributed by atoms with E-state index in [-0.39, 0.29) is 5.91 Å². The summed E-state index contributed by atoms with van der Waals surface area (Å²) < 4.78 is 0. The SMILES string of the molecule is Cc1ccsc1CNC(=O)CCc1cccnc1. The number of nitrogens with zero attached hydrogens (tertiary/aromatic N) is 1. The predicted octanol–water partition coefficient (Wildman–Crippen LogP) is 2.70. The van der Waals surface area contributed by atoms with Gasteiger partial charge in [0.2, 0.25) is 5.91 Å². The van der Waals surface area contributed by atoms with Gasteiger partial charge in [0.25, 0.3) is 0 Å². The van der Waals surface area contributed by atoms with Crippen LogP contribution in [0.4, 0.5) is 0 Å². The monoisotopic (exact) mass is 260 g/mol. The fraction of sp³-hybridized carbons (Fsp3) is 0.286. The summed E-state index contributed by atoms with van der Waals surface area (Å²) in [5.41, 5.74) is 2.34. The van der Waals surface area contributed by atoms with E-state index in [1.165, 1.54) is 10.4 Å². The lowest BCUT2D eigenvalue weighted by Crippen LogP contribution is -2.22. The van der Waals surface area contributed by atoms with Gasteiger partial charge in [-0.1, -0.05) is 6.07 Å². The van der Waals surface area contributed by atoms with Crippen molar-refractivity contribution in [1.82, 2.24) is 10.3 Å². The number of amides is 1. The van der Waals surface area contributed by atoms with Crippen molar-refractivity contribution in [2.24, 2.45) is 0 Å². The normalized spacial score (nSPS) is 10.3. The average molecular weight is 260 g/mol. The Balaban J connectivity index is 1.75. The molecule has 0 aromatic carbocycles. The minimum absolute atomic E-state index is 0.0895. The van der Waals surface area contributed by atoms with Crippen LogP contribution in [0.15, 0.2) is 36.0 Å². The van der Waals surface area contributed by atoms with E-state index >= 15 is 0 Å². The first-order chi connectivity index (χ1) is 8.75. The van der Waals surface area contributed by atoms with Crippen molar-refractivity contribution in [3.05, 3.63) is 52.0 Å². The molecule has 3 nitrogen and oxygen atoms in total. The van der Waals surface area contributed by atoms with Crippen molar-refractivity contribution < 1.29 is 4.79 Å². The number of hydrogen-bond donors (Lipinski definition) is 1. The van der Waals surface area contributed by atoms with Crippen LogP contribution in [0.25, 0.3) is 0 Å². The largest absolute Gasteiger partial charge is 0.351 e. The molecule has 0 atom stereocenters. The first kappa shape index (κ1) is 12.8. The first-order valence-electron chi connectivity index (χ1n) is 5.94. The molecule has 94 valence electrons. The lowest BCUT2D eigenvalue weighted by atomic mass is 10.1. The Hall–Kier alpha value is -1.68. The number of aromatic nitrogens is 1. The van der Waals surface area contributed by atoms with Crippen LogP contribution >= 0.6 is 11.3 Å². The Morgan fingerprint density at radius 2 is 2.33 bits per heavy atom. The number of rotatable bonds is 5. The summed E-state index contributed by atoms with van der Waals surface area (Å²) in [5, 5.41) is 5.00. The van der Waals surface area contributed by atoms with E-state index in [0.717, 1.165) is 12.0 Å². The van der Waals surface area contributed by atoms with Crippen LogP contribution in [0.5, 0.6) is 0 Å². The fourth-order valence-electron chi connectivity index (χ4n) is 1.66. The molecular weight excluding hydrogens is 244 g/mol. The standard InChI is InChI=1S/C14H16N2OS/c1-11-6-8-18-13(11)10-16-14(17)5-4-12-3-2-7-15-9-12/h2-3,6-9H,4-5,10H2,1H3,(H,16,17). The number of carbonyl (C=O) groups is 1. The van der Waals surface area contributed by atoms with E-state index in [0.29, 0.717) is 13.0 Å². The van der Waals surface area contributed by atoms with Crippen LogP contribution in [-0.4, -0.2) is 10.9 Å². The van der Waals surface area contributed by atoms with Gasteiger partial charge in [0.05, 0.1) is 6.54 Å². The van der Waals surface area contributed by atoms with Crippen molar-refractivity contribution in [2.75, 3.05) is 0 Å². The summed E-state index contributed by atoms with van der Waals surface area (Å²) in [5.74, 6) is 0.0895. The second kappa shape index (κ2) is 6.31. The molecule has 2 rings (SSSR count). The Morgan fingerprint density at radius 1 is 1.44 bits per heavy atom. The molecule has 2 aromatic heterocycles. The second-order valence-corrected chi connectivity index (χ2v) is 5.17. The van der Waals surface area contributed by atoms with Crippen molar-refractivity contribution >= 4 is 17.2 Å². The molecule has 0 aliphatic rings. The summed E-state index contributed by atoms with van der Waals surface area (Å²) in [4.78, 5) is 17.0. The van der Waals surface area contributed by atoms with Gasteiger partial charge < -0.3 is 5.32 Å². The van der Waals surface area contributed by atoms with Gasteiger partial charge in [0.1, 0.15) is 0 Å². The molecule has 0 aliphatic carbocycles. The van der Waals surface area contributed by atoms with Gasteiger partial charge in [-0.25, -0.2) is 0 Å². The number of pyridine rings is 1. The molecule has 2 heterocycles. The molecular formula is C14H16N2OS. The third-order valence-electron chi connectivity index (χ3n) is 2.78. The molecule has 0 spiro atoms. The molecule has 0 bridgehead atoms. The smallest absolute Gasteiger partial charge is 0.220 e. The summed E-state index contributed by atoms with van der Waals surface area (Å²) in [6, 6.07) is 5.95. The number of thiophene rings is 1. The summed E-state index contributed by atoms with van der Waals surface area (Å²) >= 11 is 1.68. The number of hydrogen-bond acceptors (Lipinski definition) is 3. The number of nitrogens with one attached hydrogen (secondary N) is 1. The lowest BCUT2D eigenvalue weighted by Gasteiger charge is -2.04. The van der Waals surface area contributed by atoms with E-state index in [1.54, 1.807) is 23.7 Å². The molecule has 0 radical (unpaired) electrons. The van der Waals surface area contributed by atoms with Gasteiger partial charge in [0, 0.05) is 23.7 Å². The van der Waals surface area contributed by atoms with Gasteiger partial charge in [-0.3, -0.25) is 9.78 Å². The maximum Gasteiger partial charge on any atom is 0.220 e. The molecule has 0 aliphatic heterocycles. The first-order valence-corrected chi connectivity index (χ1v) is 6.82. The van der Waals surface area contributed by atoms with Crippen LogP contribution < -0.4 is 5.32 Å². The highest BCUT2D eigenvalue weighted by atomic mass is 32.1. The molecule has 0 saturated carbocycles. The Labute approximate surface area is 111 Å². The van der Waals surface area contributed by atoms with Crippen LogP contribution in [0.1, 0.15) is 22.4 Å². The Kier molecular flexibility index (Phi) is 4.47. The Morgan fingerprint density at radius 3 is 3.00 bits per heavy atom. The zero-order valence-corrected chi connectivity index (χ0v) is 11.2. The van der Waals surface area contributed by atoms with Crippen LogP contribution in [0.2, 0.25) is 0 Å². The minimum Gasteiger partial charge on any atom is -0.351 e. The van der Waals surface area contributed by atoms with Crippen molar-refractivity contribution in [1.29, 1.82) is 0 Å². The van der Waals surface area contributed by atoms with E-state index in [1.807, 2.05) is 17.5 Å². The third-order valence-corrected chi connectivity index (χ3v) is 3.80. The van der Waals surface area contributed by atoms with Crippen molar-refractivity contribution in [2.45, 2.75) is 26.3 Å². The molecule has 1 amide bonds. The number of aryl methyl sites for hydroxylation is 2. The molecule has 0 fully saturated rings. The zero-order chi connectivity index (χ0) is 12.8. The van der Waals surface area contributed by atoms with Gasteiger partial charge in [-0.2, -0.15) is 0 Å². The molecule has 4 heteroatoms. The second-order valence-electron chi connectivity index (χ2n) is 4.16. The van der Waals surface area contributed by atoms with Crippen LogP contribution in [0.3, 0.4) is 0 Å². The predicted molar refractivity (Wildman–Crippen MR) is 73.5 cm³/mol. The number of carbonyl (C=O) groups excluding carboxylic acids is 1. The third kappa shape index (κ3) is 3.67. The summed E-state index contributed by atoms with van der Waals surface area (Å²) in [6.45, 7) is 2.70. The summed E-state index contributed by atoms with van der Waals surface area (Å²) in [6.07, 6.45) is 4.79. The minimum atomic E-state index is 0.0895. The average Bonchev–Trinajstić information content (AvgIpc) is 2.81. The topological polar surface area (TPSA) is 42.0 Å². The molecule has 0 saturated heterocycles.